The molecule has 6 nitrogen and oxygen atoms in total. The Morgan fingerprint density at radius 1 is 0.763 bits per heavy atom. The van der Waals surface area contributed by atoms with E-state index in [0.29, 0.717) is 31.4 Å². The molecular weight excluding hydrogens is 487 g/mol. The fourth-order valence-electron chi connectivity index (χ4n) is 4.49. The number of nitrogens with one attached hydrogen (secondary N) is 1. The second kappa shape index (κ2) is 25.9. The van der Waals surface area contributed by atoms with Gasteiger partial charge in [-0.05, 0) is 37.1 Å². The Morgan fingerprint density at radius 3 is 1.76 bits per heavy atom. The molecule has 210 valence electrons. The number of hydrogen-bond acceptors (Lipinski definition) is 4. The number of rotatable bonds is 24. The molecular formula is C31H51N2NaO4. The molecule has 0 aliphatic carbocycles. The van der Waals surface area contributed by atoms with Crippen LogP contribution in [0.3, 0.4) is 0 Å². The quantitative estimate of drug-likeness (QED) is 0.0895. The number of aliphatic imine (C=N–C) groups is 1. The topological polar surface area (TPSA) is 102 Å². The molecule has 0 fully saturated rings. The maximum Gasteiger partial charge on any atom is 1.00 e. The van der Waals surface area contributed by atoms with Gasteiger partial charge in [0.15, 0.2) is 6.04 Å². The van der Waals surface area contributed by atoms with Gasteiger partial charge in [0.25, 0.3) is 0 Å². The third-order valence-electron chi connectivity index (χ3n) is 6.75. The van der Waals surface area contributed by atoms with Crippen LogP contribution in [-0.2, 0) is 9.59 Å². The molecule has 2 N–H and O–H groups in total. The van der Waals surface area contributed by atoms with E-state index < -0.39 is 12.0 Å². The van der Waals surface area contributed by atoms with Crippen molar-refractivity contribution in [2.45, 2.75) is 135 Å². The number of nitrogens with zero attached hydrogens (tertiary/aromatic N) is 1. The van der Waals surface area contributed by atoms with Gasteiger partial charge in [-0.15, -0.1) is 0 Å². The summed E-state index contributed by atoms with van der Waals surface area (Å²) in [6.07, 6.45) is 20.3. The second-order valence-corrected chi connectivity index (χ2v) is 10.2. The zero-order valence-electron chi connectivity index (χ0n) is 24.2. The van der Waals surface area contributed by atoms with Crippen LogP contribution in [0.2, 0.25) is 0 Å². The first-order chi connectivity index (χ1) is 18.0. The molecule has 0 unspecified atom stereocenters. The van der Waals surface area contributed by atoms with Crippen LogP contribution >= 0.6 is 0 Å². The smallest absolute Gasteiger partial charge is 0.862 e. The van der Waals surface area contributed by atoms with Crippen LogP contribution in [0.4, 0.5) is 0 Å². The van der Waals surface area contributed by atoms with Crippen molar-refractivity contribution >= 4 is 17.8 Å². The first-order valence-electron chi connectivity index (χ1n) is 14.8. The van der Waals surface area contributed by atoms with Crippen molar-refractivity contribution in [1.82, 2.24) is 5.32 Å². The van der Waals surface area contributed by atoms with E-state index in [-0.39, 0.29) is 47.8 Å². The summed E-state index contributed by atoms with van der Waals surface area (Å²) in [7, 11) is 0. The van der Waals surface area contributed by atoms with E-state index in [4.69, 9.17) is 5.11 Å². The van der Waals surface area contributed by atoms with E-state index in [2.05, 4.69) is 17.2 Å². The van der Waals surface area contributed by atoms with E-state index in [0.717, 1.165) is 25.7 Å². The number of unbranched alkanes of at least 4 members (excludes halogenated alkanes) is 15. The fraction of sp³-hybridized carbons (Fsp3) is 0.710. The number of hydrogen-bond donors (Lipinski definition) is 2. The normalized spacial score (nSPS) is 12.1. The van der Waals surface area contributed by atoms with Crippen molar-refractivity contribution in [1.29, 1.82) is 0 Å². The monoisotopic (exact) mass is 538 g/mol. The third kappa shape index (κ3) is 20.6. The molecule has 0 aliphatic heterocycles. The number of carbonyl (C=O) groups excluding carboxylic acids is 1. The molecule has 0 bridgehead atoms. The van der Waals surface area contributed by atoms with Crippen LogP contribution in [0.1, 0.15) is 141 Å². The molecule has 1 amide bonds. The number of benzene rings is 1. The molecule has 1 aromatic carbocycles. The summed E-state index contributed by atoms with van der Waals surface area (Å²) in [6.45, 7) is 2.71. The van der Waals surface area contributed by atoms with Crippen LogP contribution in [0.5, 0.6) is 0 Å². The summed E-state index contributed by atoms with van der Waals surface area (Å²) in [5.41, 5.74) is 0.709. The summed E-state index contributed by atoms with van der Waals surface area (Å²) in [5, 5.41) is 24.1. The van der Waals surface area contributed by atoms with Gasteiger partial charge in [0.2, 0.25) is 5.91 Å². The standard InChI is InChI=1S/C31H52N2O4.Na/c1-2-3-4-5-6-7-8-9-10-11-12-13-14-19-24-28(34)33-30(27-22-17-15-18-23-27)31(37)32-26-21-16-20-25-29(35)36;/h15,17-18,22-23,30H,2-14,16,19-21,24-26H2,1H3,(H,32,37)(H,33,34)(H,35,36);/q;+1/p-1/t30-;/m0./s1. The largest absolute Gasteiger partial charge is 1.00 e. The van der Waals surface area contributed by atoms with Gasteiger partial charge in [0, 0.05) is 13.0 Å². The van der Waals surface area contributed by atoms with Crippen LogP contribution in [0.25, 0.3) is 0 Å². The molecule has 1 aromatic rings. The molecule has 0 saturated heterocycles. The summed E-state index contributed by atoms with van der Waals surface area (Å²) in [5.74, 6) is -1.30. The SMILES string of the molecule is CCCCCCCCCCCCCCCCC([O-])=N[C@H](C(=O)NCCCCCC(=O)O)c1ccccc1.[Na+]. The summed E-state index contributed by atoms with van der Waals surface area (Å²) in [6, 6.07) is 8.36. The van der Waals surface area contributed by atoms with Crippen LogP contribution in [-0.4, -0.2) is 29.4 Å². The predicted molar refractivity (Wildman–Crippen MR) is 151 cm³/mol. The number of carbonyl (C=O) groups is 2. The minimum absolute atomic E-state index is 0. The van der Waals surface area contributed by atoms with Crippen molar-refractivity contribution in [2.75, 3.05) is 6.54 Å². The van der Waals surface area contributed by atoms with Crippen LogP contribution in [0.15, 0.2) is 35.3 Å². The fourth-order valence-corrected chi connectivity index (χ4v) is 4.49. The van der Waals surface area contributed by atoms with Crippen molar-refractivity contribution in [2.24, 2.45) is 4.99 Å². The second-order valence-electron chi connectivity index (χ2n) is 10.2. The Bertz CT molecular complexity index is 743. The Labute approximate surface area is 253 Å². The first kappa shape index (κ1) is 36.6. The molecule has 7 heteroatoms. The number of carboxylic acid groups (broad SMARTS) is 1. The van der Waals surface area contributed by atoms with Gasteiger partial charge < -0.3 is 15.5 Å². The van der Waals surface area contributed by atoms with Gasteiger partial charge in [-0.2, -0.15) is 0 Å². The Balaban J connectivity index is 0.0000137. The summed E-state index contributed by atoms with van der Waals surface area (Å²) in [4.78, 5) is 27.6. The summed E-state index contributed by atoms with van der Waals surface area (Å²) < 4.78 is 0. The minimum Gasteiger partial charge on any atom is -0.862 e. The molecule has 1 rings (SSSR count). The minimum atomic E-state index is -0.834. The molecule has 0 heterocycles. The number of amides is 1. The average Bonchev–Trinajstić information content (AvgIpc) is 2.89. The van der Waals surface area contributed by atoms with E-state index in [1.807, 2.05) is 30.3 Å². The number of aliphatic carboxylic acids is 1. The van der Waals surface area contributed by atoms with E-state index >= 15 is 0 Å². The Morgan fingerprint density at radius 2 is 1.24 bits per heavy atom. The van der Waals surface area contributed by atoms with Gasteiger partial charge in [0.05, 0.1) is 0 Å². The number of carboxylic acids is 1. The van der Waals surface area contributed by atoms with Gasteiger partial charge in [0.1, 0.15) is 0 Å². The Hall–Kier alpha value is -1.37. The Kier molecular flexibility index (Phi) is 25.0. The third-order valence-corrected chi connectivity index (χ3v) is 6.75. The molecule has 1 atom stereocenters. The van der Waals surface area contributed by atoms with Gasteiger partial charge in [-0.3, -0.25) is 14.6 Å². The van der Waals surface area contributed by atoms with E-state index in [9.17, 15) is 14.7 Å². The molecule has 38 heavy (non-hydrogen) atoms. The molecule has 0 aliphatic rings. The molecule has 0 aromatic heterocycles. The van der Waals surface area contributed by atoms with Gasteiger partial charge in [-0.25, -0.2) is 0 Å². The maximum absolute atomic E-state index is 12.8. The van der Waals surface area contributed by atoms with Crippen molar-refractivity contribution in [3.8, 4) is 0 Å². The van der Waals surface area contributed by atoms with E-state index in [1.54, 1.807) is 0 Å². The molecule has 0 spiro atoms. The van der Waals surface area contributed by atoms with Crippen molar-refractivity contribution in [3.05, 3.63) is 35.9 Å². The van der Waals surface area contributed by atoms with Gasteiger partial charge >= 0.3 is 35.5 Å². The van der Waals surface area contributed by atoms with E-state index in [1.165, 1.54) is 70.6 Å². The predicted octanol–water partition coefficient (Wildman–Crippen LogP) is 4.12. The first-order valence-corrected chi connectivity index (χ1v) is 14.8. The summed E-state index contributed by atoms with van der Waals surface area (Å²) >= 11 is 0. The van der Waals surface area contributed by atoms with Crippen LogP contribution in [0, 0.1) is 0 Å². The maximum atomic E-state index is 12.8. The molecule has 0 radical (unpaired) electrons. The zero-order chi connectivity index (χ0) is 27.0. The zero-order valence-corrected chi connectivity index (χ0v) is 26.2. The van der Waals surface area contributed by atoms with Crippen LogP contribution < -0.4 is 40.0 Å². The van der Waals surface area contributed by atoms with Crippen molar-refractivity contribution < 1.29 is 49.4 Å². The van der Waals surface area contributed by atoms with Crippen molar-refractivity contribution in [3.63, 3.8) is 0 Å². The van der Waals surface area contributed by atoms with Gasteiger partial charge in [-0.1, -0.05) is 127 Å². The molecule has 0 saturated carbocycles. The average molecular weight is 539 g/mol.